The quantitative estimate of drug-likeness (QED) is 0.800. The summed E-state index contributed by atoms with van der Waals surface area (Å²) in [6.45, 7) is 0.416. The van der Waals surface area contributed by atoms with Gasteiger partial charge in [0, 0.05) is 10.4 Å². The van der Waals surface area contributed by atoms with Crippen molar-refractivity contribution in [2.45, 2.75) is 25.8 Å². The van der Waals surface area contributed by atoms with E-state index in [1.165, 1.54) is 16.0 Å². The number of benzene rings is 1. The Morgan fingerprint density at radius 1 is 1.22 bits per heavy atom. The summed E-state index contributed by atoms with van der Waals surface area (Å²) in [4.78, 5) is 18.1. The summed E-state index contributed by atoms with van der Waals surface area (Å²) in [7, 11) is 0. The lowest BCUT2D eigenvalue weighted by molar-refractivity contribution is -0.120. The number of carbonyl (C=O) groups is 1. The maximum absolute atomic E-state index is 12.1. The maximum Gasteiger partial charge on any atom is 0.227 e. The van der Waals surface area contributed by atoms with Crippen LogP contribution in [-0.2, 0) is 30.6 Å². The van der Waals surface area contributed by atoms with Crippen molar-refractivity contribution in [1.82, 2.24) is 10.3 Å². The molecule has 0 radical (unpaired) electrons. The minimum absolute atomic E-state index is 0.0271. The van der Waals surface area contributed by atoms with E-state index in [1.807, 2.05) is 18.2 Å². The molecule has 3 aromatic rings. The molecule has 4 nitrogen and oxygen atoms in total. The van der Waals surface area contributed by atoms with Crippen LogP contribution in [0, 0.1) is 0 Å². The fourth-order valence-corrected chi connectivity index (χ4v) is 3.95. The number of hydrogen-bond donors (Lipinski definition) is 1. The van der Waals surface area contributed by atoms with Gasteiger partial charge in [-0.3, -0.25) is 4.79 Å². The number of furan rings is 1. The molecule has 1 amide bonds. The Labute approximate surface area is 138 Å². The van der Waals surface area contributed by atoms with Crippen LogP contribution in [0.4, 0.5) is 0 Å². The first-order chi connectivity index (χ1) is 11.3. The molecule has 0 aliphatic heterocycles. The molecule has 23 heavy (non-hydrogen) atoms. The smallest absolute Gasteiger partial charge is 0.227 e. The Kier molecular flexibility index (Phi) is 3.71. The van der Waals surface area contributed by atoms with Crippen molar-refractivity contribution in [3.63, 3.8) is 0 Å². The number of aromatic nitrogens is 1. The molecule has 0 spiro atoms. The summed E-state index contributed by atoms with van der Waals surface area (Å²) in [5.74, 6) is 0.728. The van der Waals surface area contributed by atoms with Gasteiger partial charge in [-0.25, -0.2) is 4.98 Å². The molecule has 0 atom stereocenters. The number of nitrogens with zero attached hydrogens (tertiary/aromatic N) is 1. The highest BCUT2D eigenvalue weighted by Crippen LogP contribution is 2.36. The van der Waals surface area contributed by atoms with E-state index >= 15 is 0 Å². The highest BCUT2D eigenvalue weighted by atomic mass is 32.1. The molecular weight excluding hydrogens is 308 g/mol. The van der Waals surface area contributed by atoms with Gasteiger partial charge in [-0.2, -0.15) is 0 Å². The van der Waals surface area contributed by atoms with E-state index in [1.54, 1.807) is 17.6 Å². The SMILES string of the molecule is O=C(Cc1nc2c(s1)CCc1ccccc1-2)NCc1ccco1. The van der Waals surface area contributed by atoms with Gasteiger partial charge >= 0.3 is 0 Å². The van der Waals surface area contributed by atoms with Crippen molar-refractivity contribution in [2.75, 3.05) is 0 Å². The third-order valence-electron chi connectivity index (χ3n) is 3.99. The maximum atomic E-state index is 12.1. The predicted molar refractivity (Wildman–Crippen MR) is 89.2 cm³/mol. The summed E-state index contributed by atoms with van der Waals surface area (Å²) in [5, 5.41) is 3.75. The normalized spacial score (nSPS) is 12.5. The summed E-state index contributed by atoms with van der Waals surface area (Å²) in [5.41, 5.74) is 3.62. The van der Waals surface area contributed by atoms with E-state index in [0.29, 0.717) is 13.0 Å². The number of carbonyl (C=O) groups excluding carboxylic acids is 1. The minimum Gasteiger partial charge on any atom is -0.467 e. The van der Waals surface area contributed by atoms with Gasteiger partial charge in [-0.15, -0.1) is 11.3 Å². The average Bonchev–Trinajstić information content (AvgIpc) is 3.22. The second-order valence-electron chi connectivity index (χ2n) is 5.57. The molecule has 116 valence electrons. The number of rotatable bonds is 4. The van der Waals surface area contributed by atoms with E-state index in [2.05, 4.69) is 23.5 Å². The van der Waals surface area contributed by atoms with Gasteiger partial charge in [0.2, 0.25) is 5.91 Å². The number of hydrogen-bond acceptors (Lipinski definition) is 4. The van der Waals surface area contributed by atoms with Crippen LogP contribution in [0.2, 0.25) is 0 Å². The van der Waals surface area contributed by atoms with Gasteiger partial charge in [0.05, 0.1) is 24.9 Å². The predicted octanol–water partition coefficient (Wildman–Crippen LogP) is 3.36. The van der Waals surface area contributed by atoms with Crippen LogP contribution in [0.3, 0.4) is 0 Å². The zero-order valence-corrected chi connectivity index (χ0v) is 13.4. The van der Waals surface area contributed by atoms with E-state index < -0.39 is 0 Å². The van der Waals surface area contributed by atoms with E-state index in [4.69, 9.17) is 9.40 Å². The summed E-state index contributed by atoms with van der Waals surface area (Å²) >= 11 is 1.66. The van der Waals surface area contributed by atoms with Gasteiger partial charge in [-0.1, -0.05) is 24.3 Å². The Hall–Kier alpha value is -2.40. The first kappa shape index (κ1) is 14.2. The molecule has 1 N–H and O–H groups in total. The summed E-state index contributed by atoms with van der Waals surface area (Å²) < 4.78 is 5.21. The van der Waals surface area contributed by atoms with Gasteiger partial charge < -0.3 is 9.73 Å². The molecular formula is C18H16N2O2S. The first-order valence-electron chi connectivity index (χ1n) is 7.65. The van der Waals surface area contributed by atoms with Gasteiger partial charge in [0.15, 0.2) is 0 Å². The molecule has 2 heterocycles. The Bertz CT molecular complexity index is 837. The van der Waals surface area contributed by atoms with Crippen molar-refractivity contribution in [3.05, 3.63) is 63.9 Å². The number of amides is 1. The molecule has 2 aromatic heterocycles. The van der Waals surface area contributed by atoms with Gasteiger partial charge in [0.1, 0.15) is 10.8 Å². The number of nitrogens with one attached hydrogen (secondary N) is 1. The second-order valence-corrected chi connectivity index (χ2v) is 6.74. The van der Waals surface area contributed by atoms with Crippen LogP contribution in [0.5, 0.6) is 0 Å². The van der Waals surface area contributed by atoms with Crippen LogP contribution < -0.4 is 5.32 Å². The highest BCUT2D eigenvalue weighted by molar-refractivity contribution is 7.12. The fraction of sp³-hybridized carbons (Fsp3) is 0.222. The molecule has 1 aromatic carbocycles. The van der Waals surface area contributed by atoms with Gasteiger partial charge in [-0.05, 0) is 30.5 Å². The Morgan fingerprint density at radius 3 is 3.00 bits per heavy atom. The second kappa shape index (κ2) is 6.01. The molecule has 0 saturated heterocycles. The molecule has 1 aliphatic carbocycles. The van der Waals surface area contributed by atoms with Crippen molar-refractivity contribution in [3.8, 4) is 11.3 Å². The van der Waals surface area contributed by atoms with Crippen LogP contribution in [0.1, 0.15) is 21.2 Å². The standard InChI is InChI=1S/C18H16N2O2S/c21-16(19-11-13-5-3-9-22-13)10-17-20-18-14-6-2-1-4-12(14)7-8-15(18)23-17/h1-6,9H,7-8,10-11H2,(H,19,21). The third-order valence-corrected chi connectivity index (χ3v) is 5.10. The van der Waals surface area contributed by atoms with Crippen molar-refractivity contribution in [1.29, 1.82) is 0 Å². The fourth-order valence-electron chi connectivity index (χ4n) is 2.87. The zero-order chi connectivity index (χ0) is 15.6. The topological polar surface area (TPSA) is 55.1 Å². The van der Waals surface area contributed by atoms with Crippen LogP contribution >= 0.6 is 11.3 Å². The molecule has 0 unspecified atom stereocenters. The first-order valence-corrected chi connectivity index (χ1v) is 8.47. The van der Waals surface area contributed by atoms with Crippen LogP contribution in [0.15, 0.2) is 47.1 Å². The highest BCUT2D eigenvalue weighted by Gasteiger charge is 2.21. The zero-order valence-electron chi connectivity index (χ0n) is 12.5. The summed E-state index contributed by atoms with van der Waals surface area (Å²) in [6, 6.07) is 12.1. The number of fused-ring (bicyclic) bond motifs is 3. The molecule has 4 rings (SSSR count). The largest absolute Gasteiger partial charge is 0.467 e. The van der Waals surface area contributed by atoms with Crippen LogP contribution in [0.25, 0.3) is 11.3 Å². The lowest BCUT2D eigenvalue weighted by atomic mass is 9.94. The molecule has 0 saturated carbocycles. The van der Waals surface area contributed by atoms with Gasteiger partial charge in [0.25, 0.3) is 0 Å². The molecule has 0 fully saturated rings. The molecule has 0 bridgehead atoms. The minimum atomic E-state index is -0.0271. The lowest BCUT2D eigenvalue weighted by Crippen LogP contribution is -2.24. The number of thiazole rings is 1. The summed E-state index contributed by atoms with van der Waals surface area (Å²) in [6.07, 6.45) is 3.99. The van der Waals surface area contributed by atoms with E-state index in [0.717, 1.165) is 29.3 Å². The lowest BCUT2D eigenvalue weighted by Gasteiger charge is -2.13. The van der Waals surface area contributed by atoms with Crippen molar-refractivity contribution < 1.29 is 9.21 Å². The van der Waals surface area contributed by atoms with Crippen molar-refractivity contribution in [2.24, 2.45) is 0 Å². The van der Waals surface area contributed by atoms with Crippen molar-refractivity contribution >= 4 is 17.2 Å². The number of aryl methyl sites for hydroxylation is 2. The third kappa shape index (κ3) is 2.92. The average molecular weight is 324 g/mol. The van der Waals surface area contributed by atoms with E-state index in [-0.39, 0.29) is 5.91 Å². The monoisotopic (exact) mass is 324 g/mol. The Morgan fingerprint density at radius 2 is 2.13 bits per heavy atom. The molecule has 1 aliphatic rings. The Balaban J connectivity index is 1.47. The van der Waals surface area contributed by atoms with E-state index in [9.17, 15) is 4.79 Å². The molecule has 5 heteroatoms. The van der Waals surface area contributed by atoms with Crippen LogP contribution in [-0.4, -0.2) is 10.9 Å².